The lowest BCUT2D eigenvalue weighted by atomic mass is 10.1. The smallest absolute Gasteiger partial charge is 0.0676 e. The summed E-state index contributed by atoms with van der Waals surface area (Å²) in [6, 6.07) is 1.86. The predicted molar refractivity (Wildman–Crippen MR) is 53.0 cm³/mol. The van der Waals surface area contributed by atoms with Crippen LogP contribution in [0.3, 0.4) is 0 Å². The molecule has 0 radical (unpaired) electrons. The van der Waals surface area contributed by atoms with Gasteiger partial charge in [-0.15, -0.1) is 0 Å². The lowest BCUT2D eigenvalue weighted by Crippen LogP contribution is -1.91. The molecule has 0 saturated heterocycles. The van der Waals surface area contributed by atoms with Gasteiger partial charge in [-0.3, -0.25) is 0 Å². The summed E-state index contributed by atoms with van der Waals surface area (Å²) in [4.78, 5) is 0. The Hall–Kier alpha value is -0.210. The van der Waals surface area contributed by atoms with Gasteiger partial charge in [-0.2, -0.15) is 0 Å². The highest BCUT2D eigenvalue weighted by molar-refractivity contribution is 9.10. The summed E-state index contributed by atoms with van der Waals surface area (Å²) in [6.45, 7) is 3.93. The molecule has 1 rings (SSSR count). The number of halogens is 2. The van der Waals surface area contributed by atoms with E-state index >= 15 is 0 Å². The Morgan fingerprint density at radius 3 is 2.55 bits per heavy atom. The number of aryl methyl sites for hydroxylation is 1. The molecule has 60 valence electrons. The Morgan fingerprint density at radius 2 is 2.00 bits per heavy atom. The first-order chi connectivity index (χ1) is 5.04. The van der Waals surface area contributed by atoms with Crippen molar-refractivity contribution in [2.45, 2.75) is 13.8 Å². The first kappa shape index (κ1) is 8.88. The molecule has 2 N–H and O–H groups in total. The summed E-state index contributed by atoms with van der Waals surface area (Å²) < 4.78 is 1.04. The zero-order chi connectivity index (χ0) is 8.59. The molecule has 0 amide bonds. The minimum absolute atomic E-state index is 0.641. The van der Waals surface area contributed by atoms with E-state index in [1.165, 1.54) is 0 Å². The third-order valence-electron chi connectivity index (χ3n) is 1.63. The molecule has 3 heteroatoms. The predicted octanol–water partition coefficient (Wildman–Crippen LogP) is 3.30. The van der Waals surface area contributed by atoms with E-state index in [4.69, 9.17) is 17.3 Å². The van der Waals surface area contributed by atoms with Gasteiger partial charge in [0.2, 0.25) is 0 Å². The van der Waals surface area contributed by atoms with E-state index in [2.05, 4.69) is 15.9 Å². The maximum absolute atomic E-state index is 5.90. The first-order valence-corrected chi connectivity index (χ1v) is 4.41. The summed E-state index contributed by atoms with van der Waals surface area (Å²) in [6.07, 6.45) is 0. The molecular weight excluding hydrogens is 225 g/mol. The van der Waals surface area contributed by atoms with Crippen molar-refractivity contribution < 1.29 is 0 Å². The molecule has 0 fully saturated rings. The van der Waals surface area contributed by atoms with E-state index < -0.39 is 0 Å². The summed E-state index contributed by atoms with van der Waals surface area (Å²) in [5.41, 5.74) is 8.40. The number of hydrogen-bond acceptors (Lipinski definition) is 1. The van der Waals surface area contributed by atoms with Gasteiger partial charge < -0.3 is 5.73 Å². The fourth-order valence-corrected chi connectivity index (χ4v) is 1.54. The van der Waals surface area contributed by atoms with Gasteiger partial charge in [0.1, 0.15) is 0 Å². The van der Waals surface area contributed by atoms with Crippen LogP contribution in [0, 0.1) is 13.8 Å². The summed E-state index contributed by atoms with van der Waals surface area (Å²) in [7, 11) is 0. The highest BCUT2D eigenvalue weighted by Crippen LogP contribution is 2.31. The number of nitrogens with two attached hydrogens (primary N) is 1. The van der Waals surface area contributed by atoms with Crippen LogP contribution in [0.4, 0.5) is 5.69 Å². The molecule has 0 spiro atoms. The van der Waals surface area contributed by atoms with Gasteiger partial charge in [0.05, 0.1) is 10.7 Å². The van der Waals surface area contributed by atoms with Crippen LogP contribution < -0.4 is 5.73 Å². The maximum atomic E-state index is 5.90. The molecule has 0 bridgehead atoms. The summed E-state index contributed by atoms with van der Waals surface area (Å²) >= 11 is 9.32. The Kier molecular flexibility index (Phi) is 2.45. The van der Waals surface area contributed by atoms with E-state index in [9.17, 15) is 0 Å². The van der Waals surface area contributed by atoms with Crippen LogP contribution in [0.2, 0.25) is 5.02 Å². The summed E-state index contributed by atoms with van der Waals surface area (Å²) in [5, 5.41) is 0.641. The fourth-order valence-electron chi connectivity index (χ4n) is 0.969. The number of nitrogen functional groups attached to an aromatic ring is 1. The minimum atomic E-state index is 0.641. The Balaban J connectivity index is 3.46. The number of rotatable bonds is 0. The van der Waals surface area contributed by atoms with Crippen molar-refractivity contribution >= 4 is 33.2 Å². The second-order valence-corrected chi connectivity index (χ2v) is 3.71. The van der Waals surface area contributed by atoms with Gasteiger partial charge in [0.25, 0.3) is 0 Å². The molecule has 0 aromatic heterocycles. The van der Waals surface area contributed by atoms with E-state index in [1.54, 1.807) is 0 Å². The Morgan fingerprint density at radius 1 is 1.45 bits per heavy atom. The highest BCUT2D eigenvalue weighted by atomic mass is 79.9. The molecule has 0 aliphatic carbocycles. The zero-order valence-corrected chi connectivity index (χ0v) is 8.75. The normalized spacial score (nSPS) is 10.2. The van der Waals surface area contributed by atoms with Gasteiger partial charge in [0, 0.05) is 4.47 Å². The van der Waals surface area contributed by atoms with Crippen molar-refractivity contribution in [3.63, 3.8) is 0 Å². The lowest BCUT2D eigenvalue weighted by molar-refractivity contribution is 1.34. The number of hydrogen-bond donors (Lipinski definition) is 1. The van der Waals surface area contributed by atoms with Crippen molar-refractivity contribution in [2.24, 2.45) is 0 Å². The van der Waals surface area contributed by atoms with E-state index in [1.807, 2.05) is 19.9 Å². The van der Waals surface area contributed by atoms with Crippen molar-refractivity contribution in [1.29, 1.82) is 0 Å². The third kappa shape index (κ3) is 1.52. The monoisotopic (exact) mass is 233 g/mol. The third-order valence-corrected chi connectivity index (χ3v) is 3.35. The number of anilines is 1. The average Bonchev–Trinajstić information content (AvgIpc) is 1.97. The second-order valence-electron chi connectivity index (χ2n) is 2.54. The molecule has 0 unspecified atom stereocenters. The molecule has 0 aliphatic rings. The van der Waals surface area contributed by atoms with Crippen molar-refractivity contribution in [2.75, 3.05) is 5.73 Å². The minimum Gasteiger partial charge on any atom is -0.398 e. The molecule has 0 aliphatic heterocycles. The van der Waals surface area contributed by atoms with Crippen LogP contribution in [-0.2, 0) is 0 Å². The van der Waals surface area contributed by atoms with Crippen LogP contribution in [-0.4, -0.2) is 0 Å². The van der Waals surface area contributed by atoms with Crippen LogP contribution in [0.15, 0.2) is 10.5 Å². The largest absolute Gasteiger partial charge is 0.398 e. The van der Waals surface area contributed by atoms with Crippen molar-refractivity contribution in [3.8, 4) is 0 Å². The van der Waals surface area contributed by atoms with Crippen LogP contribution >= 0.6 is 27.5 Å². The van der Waals surface area contributed by atoms with Crippen LogP contribution in [0.1, 0.15) is 11.1 Å². The van der Waals surface area contributed by atoms with Crippen molar-refractivity contribution in [1.82, 2.24) is 0 Å². The van der Waals surface area contributed by atoms with Gasteiger partial charge in [-0.25, -0.2) is 0 Å². The first-order valence-electron chi connectivity index (χ1n) is 3.24. The van der Waals surface area contributed by atoms with Crippen LogP contribution in [0.5, 0.6) is 0 Å². The fraction of sp³-hybridized carbons (Fsp3) is 0.250. The lowest BCUT2D eigenvalue weighted by Gasteiger charge is -2.07. The van der Waals surface area contributed by atoms with Gasteiger partial charge in [0.15, 0.2) is 0 Å². The molecule has 0 heterocycles. The standard InChI is InChI=1S/C8H9BrClN/c1-4-3-6(11)8(10)5(2)7(4)9/h3H,11H2,1-2H3. The topological polar surface area (TPSA) is 26.0 Å². The molecule has 1 nitrogen and oxygen atoms in total. The molecule has 0 saturated carbocycles. The van der Waals surface area contributed by atoms with Gasteiger partial charge in [-0.1, -0.05) is 27.5 Å². The second kappa shape index (κ2) is 3.03. The SMILES string of the molecule is Cc1cc(N)c(Cl)c(C)c1Br. The quantitative estimate of drug-likeness (QED) is 0.685. The van der Waals surface area contributed by atoms with E-state index in [0.717, 1.165) is 15.6 Å². The molecule has 1 aromatic carbocycles. The molecular formula is C8H9BrClN. The summed E-state index contributed by atoms with van der Waals surface area (Å²) in [5.74, 6) is 0. The van der Waals surface area contributed by atoms with Crippen LogP contribution in [0.25, 0.3) is 0 Å². The van der Waals surface area contributed by atoms with Gasteiger partial charge in [-0.05, 0) is 31.0 Å². The highest BCUT2D eigenvalue weighted by Gasteiger charge is 2.06. The molecule has 1 aromatic rings. The molecule has 11 heavy (non-hydrogen) atoms. The van der Waals surface area contributed by atoms with E-state index in [0.29, 0.717) is 10.7 Å². The van der Waals surface area contributed by atoms with Crippen molar-refractivity contribution in [3.05, 3.63) is 26.7 Å². The van der Waals surface area contributed by atoms with E-state index in [-0.39, 0.29) is 0 Å². The molecule has 0 atom stereocenters. The van der Waals surface area contributed by atoms with Gasteiger partial charge >= 0.3 is 0 Å². The maximum Gasteiger partial charge on any atom is 0.0676 e. The Bertz CT molecular complexity index is 270. The average molecular weight is 235 g/mol. The number of benzene rings is 1. The zero-order valence-electron chi connectivity index (χ0n) is 6.41. The Labute approximate surface area is 79.7 Å².